The van der Waals surface area contributed by atoms with Crippen molar-refractivity contribution < 1.29 is 40.2 Å². The third-order valence-corrected chi connectivity index (χ3v) is 14.1. The molecule has 60 heavy (non-hydrogen) atoms. The molecule has 1 fully saturated rings. The van der Waals surface area contributed by atoms with Gasteiger partial charge in [0.1, 0.15) is 36.0 Å². The number of thioether (sulfide) groups is 1. The van der Waals surface area contributed by atoms with Crippen LogP contribution < -0.4 is 5.32 Å². The van der Waals surface area contributed by atoms with Crippen LogP contribution >= 0.6 is 11.8 Å². The summed E-state index contributed by atoms with van der Waals surface area (Å²) in [7, 11) is 0. The molecule has 7 N–H and O–H groups in total. The molecule has 1 aliphatic rings. The summed E-state index contributed by atoms with van der Waals surface area (Å²) in [5.41, 5.74) is -0.982. The van der Waals surface area contributed by atoms with Crippen molar-refractivity contribution in [3.63, 3.8) is 0 Å². The molecule has 358 valence electrons. The van der Waals surface area contributed by atoms with E-state index < -0.39 is 54.7 Å². The molecule has 10 heteroatoms. The molecule has 1 aliphatic heterocycles. The first-order chi connectivity index (χ1) is 29.3. The molecule has 1 amide bonds. The summed E-state index contributed by atoms with van der Waals surface area (Å²) in [5.74, 6) is -0.0701. The van der Waals surface area contributed by atoms with E-state index in [-0.39, 0.29) is 11.7 Å². The number of carbonyl (C=O) groups is 1. The Bertz CT molecular complexity index is 931. The second-order valence-corrected chi connectivity index (χ2v) is 19.6. The third-order valence-electron chi connectivity index (χ3n) is 12.8. The van der Waals surface area contributed by atoms with Crippen LogP contribution in [0.15, 0.2) is 0 Å². The highest BCUT2D eigenvalue weighted by Crippen LogP contribution is 2.30. The summed E-state index contributed by atoms with van der Waals surface area (Å²) in [4.78, 5) is 13.1. The average molecular weight is 874 g/mol. The van der Waals surface area contributed by atoms with E-state index in [0.29, 0.717) is 12.8 Å². The van der Waals surface area contributed by atoms with E-state index >= 15 is 0 Å². The van der Waals surface area contributed by atoms with Gasteiger partial charge in [0.05, 0.1) is 18.8 Å². The fourth-order valence-corrected chi connectivity index (χ4v) is 9.87. The molecule has 0 saturated carbocycles. The van der Waals surface area contributed by atoms with Gasteiger partial charge in [-0.3, -0.25) is 4.79 Å². The van der Waals surface area contributed by atoms with Crippen LogP contribution in [0.4, 0.5) is 0 Å². The van der Waals surface area contributed by atoms with Crippen LogP contribution in [0.25, 0.3) is 0 Å². The highest BCUT2D eigenvalue weighted by atomic mass is 32.2. The molecule has 0 spiro atoms. The molecule has 1 saturated heterocycles. The maximum absolute atomic E-state index is 13.1. The number of carbonyl (C=O) groups excluding carboxylic acids is 1. The van der Waals surface area contributed by atoms with Crippen molar-refractivity contribution in [2.45, 2.75) is 300 Å². The van der Waals surface area contributed by atoms with E-state index in [1.807, 2.05) is 0 Å². The zero-order valence-corrected chi connectivity index (χ0v) is 39.9. The van der Waals surface area contributed by atoms with E-state index in [1.165, 1.54) is 186 Å². The molecule has 9 nitrogen and oxygen atoms in total. The average Bonchev–Trinajstić information content (AvgIpc) is 3.25. The first-order valence-corrected chi connectivity index (χ1v) is 26.9. The predicted molar refractivity (Wildman–Crippen MR) is 252 cm³/mol. The Morgan fingerprint density at radius 3 is 1.23 bits per heavy atom. The number of nitrogens with one attached hydrogen (secondary N) is 1. The SMILES string of the molecule is CCCCCCCCCCCCCCCCCCCCCCCCCC(=O)NC(CS[C@H]1OC(CO)[C@H](O)C(O)C1O)C(O)C(O)CCCCCCCCCCCCCC. The normalized spacial score (nSPS) is 21.0. The van der Waals surface area contributed by atoms with Crippen LogP contribution in [0, 0.1) is 0 Å². The second kappa shape index (κ2) is 41.3. The number of unbranched alkanes of at least 4 members (excludes halogenated alkanes) is 33. The Morgan fingerprint density at radius 2 is 0.867 bits per heavy atom. The number of amides is 1. The Kier molecular flexibility index (Phi) is 39.6. The fraction of sp³-hybridized carbons (Fsp3) is 0.980. The molecule has 8 atom stereocenters. The number of aliphatic hydroxyl groups is 6. The van der Waals surface area contributed by atoms with Crippen molar-refractivity contribution >= 4 is 17.7 Å². The van der Waals surface area contributed by atoms with Crippen molar-refractivity contribution in [1.29, 1.82) is 0 Å². The highest BCUT2D eigenvalue weighted by molar-refractivity contribution is 7.99. The number of hydrogen-bond acceptors (Lipinski definition) is 9. The van der Waals surface area contributed by atoms with Gasteiger partial charge in [-0.15, -0.1) is 11.8 Å². The summed E-state index contributed by atoms with van der Waals surface area (Å²) >= 11 is 1.09. The van der Waals surface area contributed by atoms with Crippen LogP contribution in [0.3, 0.4) is 0 Å². The lowest BCUT2D eigenvalue weighted by atomic mass is 9.99. The van der Waals surface area contributed by atoms with Gasteiger partial charge in [0.25, 0.3) is 0 Å². The first-order valence-electron chi connectivity index (χ1n) is 25.8. The van der Waals surface area contributed by atoms with Gasteiger partial charge in [0.15, 0.2) is 0 Å². The van der Waals surface area contributed by atoms with E-state index in [2.05, 4.69) is 19.2 Å². The lowest BCUT2D eigenvalue weighted by Crippen LogP contribution is -2.58. The fourth-order valence-electron chi connectivity index (χ4n) is 8.61. The quantitative estimate of drug-likeness (QED) is 0.0296. The molecule has 0 aromatic rings. The third kappa shape index (κ3) is 30.6. The molecule has 6 unspecified atom stereocenters. The summed E-state index contributed by atoms with van der Waals surface area (Å²) in [6.45, 7) is 4.00. The molecular weight excluding hydrogens is 775 g/mol. The lowest BCUT2D eigenvalue weighted by molar-refractivity contribution is -0.205. The number of aliphatic hydroxyl groups excluding tert-OH is 6. The molecular formula is C50H99NO8S. The smallest absolute Gasteiger partial charge is 0.220 e. The summed E-state index contributed by atoms with van der Waals surface area (Å²) in [6, 6.07) is -0.799. The second-order valence-electron chi connectivity index (χ2n) is 18.5. The number of hydrogen-bond donors (Lipinski definition) is 7. The minimum atomic E-state index is -1.50. The molecule has 1 rings (SSSR count). The van der Waals surface area contributed by atoms with Crippen LogP contribution in [0.5, 0.6) is 0 Å². The highest BCUT2D eigenvalue weighted by Gasteiger charge is 2.44. The number of rotatable bonds is 44. The van der Waals surface area contributed by atoms with Gasteiger partial charge < -0.3 is 40.7 Å². The Morgan fingerprint density at radius 1 is 0.517 bits per heavy atom. The molecule has 0 aromatic carbocycles. The summed E-state index contributed by atoms with van der Waals surface area (Å²) in [5, 5.41) is 65.7. The van der Waals surface area contributed by atoms with Crippen LogP contribution in [-0.2, 0) is 9.53 Å². The summed E-state index contributed by atoms with van der Waals surface area (Å²) < 4.78 is 5.65. The Balaban J connectivity index is 2.26. The van der Waals surface area contributed by atoms with Crippen LogP contribution in [0.2, 0.25) is 0 Å². The zero-order valence-electron chi connectivity index (χ0n) is 39.1. The topological polar surface area (TPSA) is 160 Å². The van der Waals surface area contributed by atoms with Gasteiger partial charge in [-0.25, -0.2) is 0 Å². The minimum absolute atomic E-state index is 0.116. The van der Waals surface area contributed by atoms with Gasteiger partial charge >= 0.3 is 0 Å². The van der Waals surface area contributed by atoms with Gasteiger partial charge in [-0.2, -0.15) is 0 Å². The van der Waals surface area contributed by atoms with Gasteiger partial charge in [-0.05, 0) is 12.8 Å². The van der Waals surface area contributed by atoms with Crippen LogP contribution in [0.1, 0.15) is 251 Å². The summed E-state index contributed by atoms with van der Waals surface area (Å²) in [6.07, 6.45) is 38.0. The first kappa shape index (κ1) is 57.6. The Hall–Kier alpha value is -0.460. The standard InChI is InChI=1S/C50H99NO8S/c1-3-5-7-9-11-13-15-17-18-19-20-21-22-23-24-25-26-27-29-31-33-35-37-39-45(54)51-42(41-60-50-49(58)48(57)47(56)44(40-52)59-50)46(55)43(53)38-36-34-32-30-28-16-14-12-10-8-6-4-2/h42-44,46-50,52-53,55-58H,3-41H2,1-2H3,(H,51,54)/t42?,43?,44?,46?,47-,48?,49?,50+/m0/s1. The zero-order chi connectivity index (χ0) is 43.9. The maximum atomic E-state index is 13.1. The predicted octanol–water partition coefficient (Wildman–Crippen LogP) is 11.2. The molecule has 0 radical (unpaired) electrons. The van der Waals surface area contributed by atoms with E-state index in [1.54, 1.807) is 0 Å². The van der Waals surface area contributed by atoms with E-state index in [4.69, 9.17) is 4.74 Å². The van der Waals surface area contributed by atoms with Crippen molar-refractivity contribution in [2.24, 2.45) is 0 Å². The van der Waals surface area contributed by atoms with Gasteiger partial charge in [-0.1, -0.05) is 232 Å². The lowest BCUT2D eigenvalue weighted by Gasteiger charge is -2.40. The van der Waals surface area contributed by atoms with E-state index in [9.17, 15) is 35.4 Å². The van der Waals surface area contributed by atoms with Crippen LogP contribution in [-0.4, -0.2) is 97.0 Å². The maximum Gasteiger partial charge on any atom is 0.220 e. The monoisotopic (exact) mass is 874 g/mol. The molecule has 0 aliphatic carbocycles. The molecule has 0 aromatic heterocycles. The number of ether oxygens (including phenoxy) is 1. The molecule has 0 bridgehead atoms. The van der Waals surface area contributed by atoms with Crippen molar-refractivity contribution in [3.8, 4) is 0 Å². The molecule has 1 heterocycles. The van der Waals surface area contributed by atoms with Crippen molar-refractivity contribution in [3.05, 3.63) is 0 Å². The minimum Gasteiger partial charge on any atom is -0.394 e. The van der Waals surface area contributed by atoms with Crippen molar-refractivity contribution in [2.75, 3.05) is 12.4 Å². The van der Waals surface area contributed by atoms with Gasteiger partial charge in [0.2, 0.25) is 5.91 Å². The Labute approximate surface area is 373 Å². The van der Waals surface area contributed by atoms with E-state index in [0.717, 1.165) is 50.3 Å². The van der Waals surface area contributed by atoms with Crippen molar-refractivity contribution in [1.82, 2.24) is 5.32 Å². The van der Waals surface area contributed by atoms with Gasteiger partial charge in [0, 0.05) is 12.2 Å². The largest absolute Gasteiger partial charge is 0.394 e.